The van der Waals surface area contributed by atoms with Crippen LogP contribution in [-0.4, -0.2) is 49.1 Å². The summed E-state index contributed by atoms with van der Waals surface area (Å²) in [5.41, 5.74) is 1.25. The topological polar surface area (TPSA) is 77.1 Å². The van der Waals surface area contributed by atoms with E-state index in [4.69, 9.17) is 25.8 Å². The maximum Gasteiger partial charge on any atom is 0.261 e. The number of carbonyl (C=O) groups excluding carboxylic acids is 2. The van der Waals surface area contributed by atoms with Crippen molar-refractivity contribution in [1.82, 2.24) is 10.2 Å². The van der Waals surface area contributed by atoms with Gasteiger partial charge in [-0.25, -0.2) is 0 Å². The van der Waals surface area contributed by atoms with E-state index in [9.17, 15) is 9.59 Å². The van der Waals surface area contributed by atoms with E-state index in [1.54, 1.807) is 49.5 Å². The van der Waals surface area contributed by atoms with Crippen LogP contribution >= 0.6 is 11.6 Å². The molecular formula is C30H35ClN2O5. The Labute approximate surface area is 229 Å². The second kappa shape index (κ2) is 13.2. The molecule has 0 saturated heterocycles. The Morgan fingerprint density at radius 3 is 2.05 bits per heavy atom. The van der Waals surface area contributed by atoms with Gasteiger partial charge in [-0.05, 0) is 44.0 Å². The fourth-order valence-electron chi connectivity index (χ4n) is 3.93. The molecule has 1 atom stereocenters. The van der Waals surface area contributed by atoms with Gasteiger partial charge in [0.15, 0.2) is 6.61 Å². The summed E-state index contributed by atoms with van der Waals surface area (Å²) >= 11 is 6.23. The lowest BCUT2D eigenvalue weighted by molar-refractivity contribution is -0.143. The molecule has 2 amide bonds. The Hall–Kier alpha value is -3.71. The van der Waals surface area contributed by atoms with Gasteiger partial charge < -0.3 is 24.4 Å². The number of nitrogens with one attached hydrogen (secondary N) is 1. The Morgan fingerprint density at radius 1 is 0.868 bits per heavy atom. The largest absolute Gasteiger partial charge is 0.496 e. The number of hydrogen-bond acceptors (Lipinski definition) is 5. The highest BCUT2D eigenvalue weighted by Crippen LogP contribution is 2.27. The number of ether oxygens (including phenoxy) is 3. The van der Waals surface area contributed by atoms with Gasteiger partial charge in [0.05, 0.1) is 14.2 Å². The Morgan fingerprint density at radius 2 is 1.47 bits per heavy atom. The van der Waals surface area contributed by atoms with Gasteiger partial charge in [-0.3, -0.25) is 9.59 Å². The van der Waals surface area contributed by atoms with Crippen molar-refractivity contribution in [3.05, 3.63) is 88.9 Å². The third-order valence-corrected chi connectivity index (χ3v) is 5.93. The first-order valence-corrected chi connectivity index (χ1v) is 12.7. The minimum absolute atomic E-state index is 0.180. The molecule has 0 aliphatic rings. The zero-order chi connectivity index (χ0) is 27.7. The van der Waals surface area contributed by atoms with Crippen LogP contribution in [0.4, 0.5) is 0 Å². The van der Waals surface area contributed by atoms with Crippen LogP contribution < -0.4 is 19.5 Å². The number of halogens is 1. The minimum atomic E-state index is -0.786. The van der Waals surface area contributed by atoms with Crippen LogP contribution in [0.15, 0.2) is 72.8 Å². The van der Waals surface area contributed by atoms with Gasteiger partial charge in [0.25, 0.3) is 5.91 Å². The molecule has 1 N–H and O–H groups in total. The molecule has 0 aliphatic heterocycles. The molecule has 0 aliphatic carbocycles. The summed E-state index contributed by atoms with van der Waals surface area (Å²) in [7, 11) is 3.08. The lowest BCUT2D eigenvalue weighted by Crippen LogP contribution is -2.55. The summed E-state index contributed by atoms with van der Waals surface area (Å²) in [6.45, 7) is 5.62. The first-order chi connectivity index (χ1) is 18.1. The molecule has 202 valence electrons. The van der Waals surface area contributed by atoms with Crippen molar-refractivity contribution in [2.45, 2.75) is 45.3 Å². The third kappa shape index (κ3) is 8.70. The normalized spacial score (nSPS) is 11.8. The van der Waals surface area contributed by atoms with Gasteiger partial charge in [0.1, 0.15) is 23.3 Å². The van der Waals surface area contributed by atoms with Crippen LogP contribution in [0.1, 0.15) is 31.9 Å². The number of methoxy groups -OCH3 is 2. The molecule has 7 nitrogen and oxygen atoms in total. The van der Waals surface area contributed by atoms with E-state index in [0.29, 0.717) is 28.7 Å². The fraction of sp³-hybridized carbons (Fsp3) is 0.333. The second-order valence-corrected chi connectivity index (χ2v) is 10.4. The number of benzene rings is 3. The van der Waals surface area contributed by atoms with Crippen molar-refractivity contribution in [2.24, 2.45) is 0 Å². The van der Waals surface area contributed by atoms with Crippen molar-refractivity contribution in [2.75, 3.05) is 20.8 Å². The molecule has 3 rings (SSSR count). The first-order valence-electron chi connectivity index (χ1n) is 12.3. The predicted octanol–water partition coefficient (Wildman–Crippen LogP) is 5.29. The summed E-state index contributed by atoms with van der Waals surface area (Å²) < 4.78 is 16.5. The van der Waals surface area contributed by atoms with Gasteiger partial charge in [0.2, 0.25) is 5.91 Å². The molecule has 0 fully saturated rings. The highest BCUT2D eigenvalue weighted by Gasteiger charge is 2.32. The quantitative estimate of drug-likeness (QED) is 0.359. The molecule has 1 unspecified atom stereocenters. The van der Waals surface area contributed by atoms with Crippen LogP contribution in [0.5, 0.6) is 17.2 Å². The molecule has 8 heteroatoms. The lowest BCUT2D eigenvalue weighted by Gasteiger charge is -2.33. The predicted molar refractivity (Wildman–Crippen MR) is 149 cm³/mol. The highest BCUT2D eigenvalue weighted by atomic mass is 35.5. The Kier molecular flexibility index (Phi) is 10.0. The summed E-state index contributed by atoms with van der Waals surface area (Å²) in [6.07, 6.45) is 0.335. The van der Waals surface area contributed by atoms with E-state index in [1.807, 2.05) is 63.2 Å². The van der Waals surface area contributed by atoms with Gasteiger partial charge in [-0.2, -0.15) is 0 Å². The van der Waals surface area contributed by atoms with E-state index >= 15 is 0 Å². The van der Waals surface area contributed by atoms with Gasteiger partial charge in [-0.15, -0.1) is 0 Å². The van der Waals surface area contributed by atoms with Crippen LogP contribution in [-0.2, 0) is 22.6 Å². The van der Waals surface area contributed by atoms with E-state index in [1.165, 1.54) is 0 Å². The van der Waals surface area contributed by atoms with Gasteiger partial charge >= 0.3 is 0 Å². The second-order valence-electron chi connectivity index (χ2n) is 9.93. The molecule has 0 spiro atoms. The summed E-state index contributed by atoms with van der Waals surface area (Å²) in [6, 6.07) is 21.2. The molecular weight excluding hydrogens is 504 g/mol. The van der Waals surface area contributed by atoms with Crippen molar-refractivity contribution in [3.63, 3.8) is 0 Å². The van der Waals surface area contributed by atoms with Crippen LogP contribution in [0.3, 0.4) is 0 Å². The van der Waals surface area contributed by atoms with Gasteiger partial charge in [-0.1, -0.05) is 54.1 Å². The Bertz CT molecular complexity index is 1200. The zero-order valence-electron chi connectivity index (χ0n) is 22.5. The van der Waals surface area contributed by atoms with E-state index in [0.717, 1.165) is 11.1 Å². The highest BCUT2D eigenvalue weighted by molar-refractivity contribution is 6.30. The van der Waals surface area contributed by atoms with Crippen LogP contribution in [0.25, 0.3) is 0 Å². The molecule has 0 saturated carbocycles. The maximum absolute atomic E-state index is 13.7. The molecule has 0 radical (unpaired) electrons. The molecule has 3 aromatic carbocycles. The summed E-state index contributed by atoms with van der Waals surface area (Å²) in [5, 5.41) is 3.59. The van der Waals surface area contributed by atoms with Crippen LogP contribution in [0, 0.1) is 0 Å². The van der Waals surface area contributed by atoms with Crippen molar-refractivity contribution >= 4 is 23.4 Å². The number of rotatable bonds is 11. The molecule has 3 aromatic rings. The average molecular weight is 539 g/mol. The first kappa shape index (κ1) is 28.9. The summed E-state index contributed by atoms with van der Waals surface area (Å²) in [4.78, 5) is 28.9. The SMILES string of the molecule is COc1cc(OC)cc(OCC(=O)N(Cc2cccc(Cl)c2)C(Cc2ccccc2)C(=O)NC(C)(C)C)c1. The molecule has 0 heterocycles. The van der Waals surface area contributed by atoms with Gasteiger partial charge in [0, 0.05) is 41.7 Å². The monoisotopic (exact) mass is 538 g/mol. The standard InChI is InChI=1S/C30H35ClN2O5/c1-30(2,3)32-29(35)27(15-21-10-7-6-8-11-21)33(19-22-12-9-13-23(31)14-22)28(34)20-38-26-17-24(36-4)16-25(18-26)37-5/h6-14,16-18,27H,15,19-20H2,1-5H3,(H,32,35). The van der Waals surface area contributed by atoms with Crippen LogP contribution in [0.2, 0.25) is 5.02 Å². The van der Waals surface area contributed by atoms with Crippen molar-refractivity contribution in [1.29, 1.82) is 0 Å². The Balaban J connectivity index is 1.94. The smallest absolute Gasteiger partial charge is 0.261 e. The molecule has 0 aromatic heterocycles. The van der Waals surface area contributed by atoms with Crippen molar-refractivity contribution < 1.29 is 23.8 Å². The number of amides is 2. The van der Waals surface area contributed by atoms with Crippen molar-refractivity contribution in [3.8, 4) is 17.2 Å². The number of carbonyl (C=O) groups is 2. The fourth-order valence-corrected chi connectivity index (χ4v) is 4.14. The minimum Gasteiger partial charge on any atom is -0.496 e. The average Bonchev–Trinajstić information content (AvgIpc) is 2.88. The number of nitrogens with zero attached hydrogens (tertiary/aromatic N) is 1. The van der Waals surface area contributed by atoms with E-state index < -0.39 is 11.6 Å². The maximum atomic E-state index is 13.7. The summed E-state index contributed by atoms with van der Waals surface area (Å²) in [5.74, 6) is 0.885. The number of hydrogen-bond donors (Lipinski definition) is 1. The molecule has 0 bridgehead atoms. The zero-order valence-corrected chi connectivity index (χ0v) is 23.2. The van der Waals surface area contributed by atoms with E-state index in [-0.39, 0.29) is 25.0 Å². The van der Waals surface area contributed by atoms with E-state index in [2.05, 4.69) is 5.32 Å². The third-order valence-electron chi connectivity index (χ3n) is 5.70. The molecule has 38 heavy (non-hydrogen) atoms. The lowest BCUT2D eigenvalue weighted by atomic mass is 10.0.